The maximum atomic E-state index is 11.6. The first kappa shape index (κ1) is 9.75. The fraction of sp³-hybridized carbons (Fsp3) is 1.00. The van der Waals surface area contributed by atoms with Gasteiger partial charge in [-0.15, -0.1) is 0 Å². The van der Waals surface area contributed by atoms with Crippen molar-refractivity contribution < 1.29 is 13.2 Å². The minimum Gasteiger partial charge on any atom is -0.225 e. The molecule has 4 heteroatoms. The van der Waals surface area contributed by atoms with Crippen molar-refractivity contribution in [3.05, 3.63) is 0 Å². The monoisotopic (exact) mass is 155 g/mol. The van der Waals surface area contributed by atoms with Crippen molar-refractivity contribution in [1.82, 2.24) is 5.32 Å². The van der Waals surface area contributed by atoms with E-state index in [4.69, 9.17) is 0 Å². The number of hydrogen-bond donors (Lipinski definition) is 1. The topological polar surface area (TPSA) is 12.0 Å². The van der Waals surface area contributed by atoms with Gasteiger partial charge in [0.1, 0.15) is 0 Å². The maximum absolute atomic E-state index is 11.6. The van der Waals surface area contributed by atoms with Crippen LogP contribution in [0.5, 0.6) is 0 Å². The summed E-state index contributed by atoms with van der Waals surface area (Å²) < 4.78 is 34.7. The van der Waals surface area contributed by atoms with Gasteiger partial charge in [-0.05, 0) is 12.8 Å². The van der Waals surface area contributed by atoms with Crippen LogP contribution in [0.1, 0.15) is 20.8 Å². The summed E-state index contributed by atoms with van der Waals surface area (Å²) in [5.41, 5.74) is 0. The lowest BCUT2D eigenvalue weighted by Gasteiger charge is -2.18. The second-order valence-corrected chi connectivity index (χ2v) is 2.67. The standard InChI is InChI=1S/C6H12F3N/c1-4(2)5(3)10-6(7,8)9/h4-5,10H,1-3H3/t5-/m0/s1. The quantitative estimate of drug-likeness (QED) is 0.602. The zero-order valence-corrected chi connectivity index (χ0v) is 6.29. The summed E-state index contributed by atoms with van der Waals surface area (Å²) in [7, 11) is 0. The van der Waals surface area contributed by atoms with Gasteiger partial charge in [-0.2, -0.15) is 13.2 Å². The van der Waals surface area contributed by atoms with Gasteiger partial charge in [0.15, 0.2) is 0 Å². The lowest BCUT2D eigenvalue weighted by atomic mass is 10.1. The number of alkyl halides is 3. The van der Waals surface area contributed by atoms with Gasteiger partial charge < -0.3 is 0 Å². The molecule has 1 atom stereocenters. The largest absolute Gasteiger partial charge is 0.457 e. The number of rotatable bonds is 2. The molecule has 0 aromatic carbocycles. The molecule has 0 aromatic heterocycles. The Balaban J connectivity index is 3.68. The predicted molar refractivity (Wildman–Crippen MR) is 33.5 cm³/mol. The molecule has 0 unspecified atom stereocenters. The van der Waals surface area contributed by atoms with Crippen molar-refractivity contribution in [2.45, 2.75) is 33.1 Å². The van der Waals surface area contributed by atoms with E-state index in [1.165, 1.54) is 12.2 Å². The summed E-state index contributed by atoms with van der Waals surface area (Å²) >= 11 is 0. The van der Waals surface area contributed by atoms with Crippen molar-refractivity contribution in [1.29, 1.82) is 0 Å². The number of hydrogen-bond acceptors (Lipinski definition) is 1. The Kier molecular flexibility index (Phi) is 3.15. The minimum atomic E-state index is -4.25. The van der Waals surface area contributed by atoms with E-state index in [1.807, 2.05) is 0 Å². The number of nitrogens with one attached hydrogen (secondary N) is 1. The zero-order chi connectivity index (χ0) is 8.36. The van der Waals surface area contributed by atoms with Crippen LogP contribution in [0.25, 0.3) is 0 Å². The first-order valence-corrected chi connectivity index (χ1v) is 3.17. The van der Waals surface area contributed by atoms with Crippen LogP contribution in [0, 0.1) is 5.92 Å². The van der Waals surface area contributed by atoms with E-state index in [0.717, 1.165) is 0 Å². The highest BCUT2D eigenvalue weighted by Crippen LogP contribution is 2.13. The Morgan fingerprint density at radius 3 is 1.60 bits per heavy atom. The second kappa shape index (κ2) is 3.23. The molecule has 1 N–H and O–H groups in total. The molecule has 0 bridgehead atoms. The molecule has 62 valence electrons. The molecule has 0 amide bonds. The summed E-state index contributed by atoms with van der Waals surface area (Å²) in [6.07, 6.45) is -4.25. The highest BCUT2D eigenvalue weighted by Gasteiger charge is 2.29. The predicted octanol–water partition coefficient (Wildman–Crippen LogP) is 2.14. The second-order valence-electron chi connectivity index (χ2n) is 2.67. The number of halogens is 3. The molecule has 1 nitrogen and oxygen atoms in total. The van der Waals surface area contributed by atoms with Crippen LogP contribution in [0.4, 0.5) is 13.2 Å². The van der Waals surface area contributed by atoms with Crippen molar-refractivity contribution in [3.8, 4) is 0 Å². The molecule has 10 heavy (non-hydrogen) atoms. The lowest BCUT2D eigenvalue weighted by Crippen LogP contribution is -2.41. The molecule has 0 saturated carbocycles. The van der Waals surface area contributed by atoms with Crippen LogP contribution >= 0.6 is 0 Å². The van der Waals surface area contributed by atoms with Crippen molar-refractivity contribution in [2.24, 2.45) is 5.92 Å². The molecule has 0 spiro atoms. The lowest BCUT2D eigenvalue weighted by molar-refractivity contribution is -0.165. The summed E-state index contributed by atoms with van der Waals surface area (Å²) in [5.74, 6) is 0.00150. The minimum absolute atomic E-state index is 0.00150. The normalized spacial score (nSPS) is 15.9. The molecule has 0 heterocycles. The molecule has 0 aliphatic carbocycles. The molecule has 0 aromatic rings. The molecule has 0 rings (SSSR count). The van der Waals surface area contributed by atoms with Gasteiger partial charge in [-0.1, -0.05) is 13.8 Å². The van der Waals surface area contributed by atoms with E-state index in [1.54, 1.807) is 13.8 Å². The first-order valence-electron chi connectivity index (χ1n) is 3.17. The Bertz CT molecular complexity index is 97.7. The van der Waals surface area contributed by atoms with Crippen molar-refractivity contribution in [2.75, 3.05) is 0 Å². The highest BCUT2D eigenvalue weighted by molar-refractivity contribution is 4.65. The molecule has 0 saturated heterocycles. The SMILES string of the molecule is CC(C)[C@H](C)NC(F)(F)F. The summed E-state index contributed by atoms with van der Waals surface area (Å²) in [6, 6.07) is -0.514. The van der Waals surface area contributed by atoms with Crippen LogP contribution < -0.4 is 5.32 Å². The van der Waals surface area contributed by atoms with E-state index in [2.05, 4.69) is 0 Å². The smallest absolute Gasteiger partial charge is 0.225 e. The molecular weight excluding hydrogens is 143 g/mol. The summed E-state index contributed by atoms with van der Waals surface area (Å²) in [5, 5.41) is 1.52. The third-order valence-corrected chi connectivity index (χ3v) is 1.39. The van der Waals surface area contributed by atoms with Crippen LogP contribution in [0.3, 0.4) is 0 Å². The Morgan fingerprint density at radius 2 is 1.50 bits per heavy atom. The molecule has 0 radical (unpaired) electrons. The van der Waals surface area contributed by atoms with Gasteiger partial charge in [-0.25, -0.2) is 5.32 Å². The fourth-order valence-corrected chi connectivity index (χ4v) is 0.425. The van der Waals surface area contributed by atoms with Gasteiger partial charge >= 0.3 is 6.30 Å². The van der Waals surface area contributed by atoms with Crippen molar-refractivity contribution in [3.63, 3.8) is 0 Å². The Morgan fingerprint density at radius 1 is 1.10 bits per heavy atom. The highest BCUT2D eigenvalue weighted by atomic mass is 19.4. The van der Waals surface area contributed by atoms with Crippen molar-refractivity contribution >= 4 is 0 Å². The van der Waals surface area contributed by atoms with E-state index in [9.17, 15) is 13.2 Å². The third-order valence-electron chi connectivity index (χ3n) is 1.39. The molecular formula is C6H12F3N. The summed E-state index contributed by atoms with van der Waals surface area (Å²) in [4.78, 5) is 0. The third kappa shape index (κ3) is 4.61. The van der Waals surface area contributed by atoms with Crippen LogP contribution in [-0.4, -0.2) is 12.3 Å². The van der Waals surface area contributed by atoms with E-state index in [-0.39, 0.29) is 5.92 Å². The first-order chi connectivity index (χ1) is 4.33. The molecule has 0 aliphatic heterocycles. The van der Waals surface area contributed by atoms with E-state index >= 15 is 0 Å². The fourth-order valence-electron chi connectivity index (χ4n) is 0.425. The Labute approximate surface area is 58.6 Å². The molecule has 0 aliphatic rings. The van der Waals surface area contributed by atoms with Gasteiger partial charge in [0, 0.05) is 6.04 Å². The average Bonchev–Trinajstić information content (AvgIpc) is 1.60. The van der Waals surface area contributed by atoms with Gasteiger partial charge in [0.25, 0.3) is 0 Å². The maximum Gasteiger partial charge on any atom is 0.457 e. The molecule has 0 fully saturated rings. The van der Waals surface area contributed by atoms with E-state index < -0.39 is 12.3 Å². The summed E-state index contributed by atoms with van der Waals surface area (Å²) in [6.45, 7) is 4.99. The Hall–Kier alpha value is -0.250. The van der Waals surface area contributed by atoms with Crippen LogP contribution in [-0.2, 0) is 0 Å². The van der Waals surface area contributed by atoms with Gasteiger partial charge in [-0.3, -0.25) is 0 Å². The zero-order valence-electron chi connectivity index (χ0n) is 6.29. The van der Waals surface area contributed by atoms with E-state index in [0.29, 0.717) is 0 Å². The van der Waals surface area contributed by atoms with Crippen LogP contribution in [0.15, 0.2) is 0 Å². The van der Waals surface area contributed by atoms with Gasteiger partial charge in [0.05, 0.1) is 0 Å². The average molecular weight is 155 g/mol. The van der Waals surface area contributed by atoms with Crippen LogP contribution in [0.2, 0.25) is 0 Å². The van der Waals surface area contributed by atoms with Gasteiger partial charge in [0.2, 0.25) is 0 Å².